The van der Waals surface area contributed by atoms with Crippen LogP contribution in [0.3, 0.4) is 0 Å². The van der Waals surface area contributed by atoms with Gasteiger partial charge in [0.1, 0.15) is 13.2 Å². The van der Waals surface area contributed by atoms with Crippen molar-refractivity contribution < 1.29 is 9.47 Å². The van der Waals surface area contributed by atoms with Crippen LogP contribution in [-0.2, 0) is 6.42 Å². The largest absolute Gasteiger partial charge is 0.486 e. The maximum atomic E-state index is 5.81. The predicted molar refractivity (Wildman–Crippen MR) is 73.5 cm³/mol. The molecule has 0 saturated carbocycles. The Bertz CT molecular complexity index is 402. The van der Waals surface area contributed by atoms with Crippen LogP contribution >= 0.6 is 0 Å². The molecule has 3 heteroatoms. The smallest absolute Gasteiger partial charge is 0.165 e. The van der Waals surface area contributed by atoms with E-state index in [0.29, 0.717) is 19.1 Å². The first-order valence-electron chi connectivity index (χ1n) is 6.85. The standard InChI is InChI=1S/C15H23NO2/c1-11(2)14-12(5-3-4-8-16)6-7-13-15(14)18-10-9-17-13/h6-7,11H,3-5,8-10,16H2,1-2H3. The van der Waals surface area contributed by atoms with Gasteiger partial charge in [0.05, 0.1) is 0 Å². The number of nitrogens with two attached hydrogens (primary N) is 1. The summed E-state index contributed by atoms with van der Waals surface area (Å²) in [5.41, 5.74) is 8.24. The van der Waals surface area contributed by atoms with Crippen molar-refractivity contribution in [2.75, 3.05) is 19.8 Å². The lowest BCUT2D eigenvalue weighted by Gasteiger charge is -2.25. The molecule has 0 amide bonds. The van der Waals surface area contributed by atoms with Crippen LogP contribution in [0.25, 0.3) is 0 Å². The normalized spacial score (nSPS) is 14.0. The topological polar surface area (TPSA) is 44.5 Å². The van der Waals surface area contributed by atoms with Crippen molar-refractivity contribution in [3.05, 3.63) is 23.3 Å². The van der Waals surface area contributed by atoms with Crippen molar-refractivity contribution in [2.24, 2.45) is 5.73 Å². The quantitative estimate of drug-likeness (QED) is 0.816. The Morgan fingerprint density at radius 1 is 1.17 bits per heavy atom. The molecular weight excluding hydrogens is 226 g/mol. The molecule has 0 spiro atoms. The van der Waals surface area contributed by atoms with Gasteiger partial charge in [-0.25, -0.2) is 0 Å². The van der Waals surface area contributed by atoms with E-state index < -0.39 is 0 Å². The molecule has 0 unspecified atom stereocenters. The van der Waals surface area contributed by atoms with E-state index in [1.54, 1.807) is 0 Å². The van der Waals surface area contributed by atoms with Crippen LogP contribution in [0.15, 0.2) is 12.1 Å². The fourth-order valence-electron chi connectivity index (χ4n) is 2.49. The van der Waals surface area contributed by atoms with Crippen molar-refractivity contribution >= 4 is 0 Å². The molecule has 2 rings (SSSR count). The Balaban J connectivity index is 2.28. The van der Waals surface area contributed by atoms with Crippen LogP contribution in [0.5, 0.6) is 11.5 Å². The van der Waals surface area contributed by atoms with E-state index in [9.17, 15) is 0 Å². The first kappa shape index (κ1) is 13.2. The summed E-state index contributed by atoms with van der Waals surface area (Å²) in [6.45, 7) is 6.48. The number of benzene rings is 1. The van der Waals surface area contributed by atoms with Gasteiger partial charge in [-0.15, -0.1) is 0 Å². The van der Waals surface area contributed by atoms with Crippen molar-refractivity contribution in [2.45, 2.75) is 39.0 Å². The van der Waals surface area contributed by atoms with Gasteiger partial charge in [-0.3, -0.25) is 0 Å². The Morgan fingerprint density at radius 2 is 1.94 bits per heavy atom. The number of hydrogen-bond donors (Lipinski definition) is 1. The summed E-state index contributed by atoms with van der Waals surface area (Å²) >= 11 is 0. The summed E-state index contributed by atoms with van der Waals surface area (Å²) in [5, 5.41) is 0. The zero-order valence-electron chi connectivity index (χ0n) is 11.4. The van der Waals surface area contributed by atoms with Crippen LogP contribution < -0.4 is 15.2 Å². The van der Waals surface area contributed by atoms with E-state index in [1.807, 2.05) is 6.07 Å². The Morgan fingerprint density at radius 3 is 2.67 bits per heavy atom. The highest BCUT2D eigenvalue weighted by atomic mass is 16.6. The second kappa shape index (κ2) is 6.10. The van der Waals surface area contributed by atoms with E-state index >= 15 is 0 Å². The number of aryl methyl sites for hydroxylation is 1. The number of rotatable bonds is 5. The summed E-state index contributed by atoms with van der Waals surface area (Å²) in [4.78, 5) is 0. The Hall–Kier alpha value is -1.22. The lowest BCUT2D eigenvalue weighted by Crippen LogP contribution is -2.17. The zero-order chi connectivity index (χ0) is 13.0. The molecule has 2 N–H and O–H groups in total. The molecule has 18 heavy (non-hydrogen) atoms. The second-order valence-electron chi connectivity index (χ2n) is 5.06. The SMILES string of the molecule is CC(C)c1c(CCCCN)ccc2c1OCCO2. The van der Waals surface area contributed by atoms with E-state index in [1.165, 1.54) is 11.1 Å². The Kier molecular flexibility index (Phi) is 4.48. The third-order valence-electron chi connectivity index (χ3n) is 3.32. The molecule has 3 nitrogen and oxygen atoms in total. The van der Waals surface area contributed by atoms with E-state index in [2.05, 4.69) is 19.9 Å². The monoisotopic (exact) mass is 249 g/mol. The van der Waals surface area contributed by atoms with Crippen molar-refractivity contribution in [3.63, 3.8) is 0 Å². The van der Waals surface area contributed by atoms with E-state index in [4.69, 9.17) is 15.2 Å². The van der Waals surface area contributed by atoms with Gasteiger partial charge in [0.2, 0.25) is 0 Å². The number of unbranched alkanes of at least 4 members (excludes halogenated alkanes) is 1. The third kappa shape index (κ3) is 2.78. The molecule has 1 heterocycles. The molecule has 0 atom stereocenters. The summed E-state index contributed by atoms with van der Waals surface area (Å²) < 4.78 is 11.5. The summed E-state index contributed by atoms with van der Waals surface area (Å²) in [6, 6.07) is 4.22. The average Bonchev–Trinajstić information content (AvgIpc) is 2.38. The van der Waals surface area contributed by atoms with E-state index in [-0.39, 0.29) is 0 Å². The molecule has 0 radical (unpaired) electrons. The van der Waals surface area contributed by atoms with Gasteiger partial charge in [0, 0.05) is 5.56 Å². The number of fused-ring (bicyclic) bond motifs is 1. The maximum absolute atomic E-state index is 5.81. The average molecular weight is 249 g/mol. The summed E-state index contributed by atoms with van der Waals surface area (Å²) in [5.74, 6) is 2.31. The molecule has 0 aromatic heterocycles. The van der Waals surface area contributed by atoms with Crippen LogP contribution in [-0.4, -0.2) is 19.8 Å². The maximum Gasteiger partial charge on any atom is 0.165 e. The van der Waals surface area contributed by atoms with Gasteiger partial charge in [-0.05, 0) is 43.4 Å². The van der Waals surface area contributed by atoms with Gasteiger partial charge in [-0.1, -0.05) is 19.9 Å². The molecule has 1 aromatic carbocycles. The number of ether oxygens (including phenoxy) is 2. The fraction of sp³-hybridized carbons (Fsp3) is 0.600. The minimum Gasteiger partial charge on any atom is -0.486 e. The minimum atomic E-state index is 0.453. The van der Waals surface area contributed by atoms with Gasteiger partial charge < -0.3 is 15.2 Å². The summed E-state index contributed by atoms with van der Waals surface area (Å²) in [7, 11) is 0. The predicted octanol–water partition coefficient (Wildman–Crippen LogP) is 2.86. The summed E-state index contributed by atoms with van der Waals surface area (Å²) in [6.07, 6.45) is 3.28. The van der Waals surface area contributed by atoms with Gasteiger partial charge in [-0.2, -0.15) is 0 Å². The van der Waals surface area contributed by atoms with Gasteiger partial charge >= 0.3 is 0 Å². The number of hydrogen-bond acceptors (Lipinski definition) is 3. The molecule has 0 fully saturated rings. The highest BCUT2D eigenvalue weighted by Crippen LogP contribution is 2.40. The molecular formula is C15H23NO2. The molecule has 1 aliphatic rings. The molecule has 0 bridgehead atoms. The van der Waals surface area contributed by atoms with Gasteiger partial charge in [0.15, 0.2) is 11.5 Å². The van der Waals surface area contributed by atoms with Crippen molar-refractivity contribution in [3.8, 4) is 11.5 Å². The lowest BCUT2D eigenvalue weighted by atomic mass is 9.92. The first-order valence-corrected chi connectivity index (χ1v) is 6.85. The zero-order valence-corrected chi connectivity index (χ0v) is 11.4. The van der Waals surface area contributed by atoms with Crippen LogP contribution in [0.2, 0.25) is 0 Å². The van der Waals surface area contributed by atoms with Crippen molar-refractivity contribution in [1.29, 1.82) is 0 Å². The highest BCUT2D eigenvalue weighted by molar-refractivity contribution is 5.53. The lowest BCUT2D eigenvalue weighted by molar-refractivity contribution is 0.169. The molecule has 0 aliphatic carbocycles. The fourth-order valence-corrected chi connectivity index (χ4v) is 2.49. The minimum absolute atomic E-state index is 0.453. The van der Waals surface area contributed by atoms with Crippen LogP contribution in [0, 0.1) is 0 Å². The molecule has 1 aromatic rings. The molecule has 100 valence electrons. The van der Waals surface area contributed by atoms with Crippen LogP contribution in [0.4, 0.5) is 0 Å². The van der Waals surface area contributed by atoms with Crippen LogP contribution in [0.1, 0.15) is 43.7 Å². The third-order valence-corrected chi connectivity index (χ3v) is 3.32. The Labute approximate surface area is 109 Å². The highest BCUT2D eigenvalue weighted by Gasteiger charge is 2.20. The van der Waals surface area contributed by atoms with Crippen molar-refractivity contribution in [1.82, 2.24) is 0 Å². The van der Waals surface area contributed by atoms with E-state index in [0.717, 1.165) is 37.3 Å². The first-order chi connectivity index (χ1) is 8.74. The van der Waals surface area contributed by atoms with Gasteiger partial charge in [0.25, 0.3) is 0 Å². The molecule has 1 aliphatic heterocycles. The second-order valence-corrected chi connectivity index (χ2v) is 5.06. The molecule has 0 saturated heterocycles.